The molecule has 0 amide bonds. The summed E-state index contributed by atoms with van der Waals surface area (Å²) in [5, 5.41) is 6.87. The Balaban J connectivity index is 1.51. The molecule has 150 valence electrons. The number of hydrogen-bond acceptors (Lipinski definition) is 3. The summed E-state index contributed by atoms with van der Waals surface area (Å²) in [7, 11) is 1.82. The van der Waals surface area contributed by atoms with Crippen molar-refractivity contribution >= 4 is 11.8 Å². The van der Waals surface area contributed by atoms with E-state index in [9.17, 15) is 0 Å². The van der Waals surface area contributed by atoms with Crippen molar-refractivity contribution in [1.29, 1.82) is 0 Å². The van der Waals surface area contributed by atoms with Crippen molar-refractivity contribution in [2.75, 3.05) is 31.6 Å². The topological polar surface area (TPSA) is 52.6 Å². The van der Waals surface area contributed by atoms with Gasteiger partial charge in [0.2, 0.25) is 0 Å². The van der Waals surface area contributed by atoms with Gasteiger partial charge in [-0.05, 0) is 55.4 Å². The fourth-order valence-electron chi connectivity index (χ4n) is 3.62. The fraction of sp³-hybridized carbons (Fsp3) is 0.478. The van der Waals surface area contributed by atoms with Crippen LogP contribution in [-0.4, -0.2) is 37.6 Å². The molecule has 2 heterocycles. The smallest absolute Gasteiger partial charge is 0.191 e. The molecule has 1 aliphatic heterocycles. The van der Waals surface area contributed by atoms with Gasteiger partial charge in [0.05, 0.1) is 0 Å². The average Bonchev–Trinajstić information content (AvgIpc) is 2.74. The first-order chi connectivity index (χ1) is 13.7. The Bertz CT molecular complexity index is 780. The molecular formula is C23H33N5. The number of hydrogen-bond donors (Lipinski definition) is 2. The summed E-state index contributed by atoms with van der Waals surface area (Å²) in [4.78, 5) is 11.3. The van der Waals surface area contributed by atoms with Gasteiger partial charge in [0.1, 0.15) is 5.82 Å². The van der Waals surface area contributed by atoms with Crippen LogP contribution in [0.5, 0.6) is 0 Å². The first-order valence-corrected chi connectivity index (χ1v) is 10.4. The Morgan fingerprint density at radius 3 is 2.71 bits per heavy atom. The molecule has 3 rings (SSSR count). The molecule has 1 fully saturated rings. The number of anilines is 1. The van der Waals surface area contributed by atoms with Gasteiger partial charge in [-0.3, -0.25) is 4.99 Å². The second-order valence-corrected chi connectivity index (χ2v) is 7.69. The van der Waals surface area contributed by atoms with Crippen molar-refractivity contribution in [2.24, 2.45) is 4.99 Å². The zero-order valence-corrected chi connectivity index (χ0v) is 17.4. The molecule has 0 saturated carbocycles. The number of aryl methyl sites for hydroxylation is 1. The van der Waals surface area contributed by atoms with E-state index in [1.165, 1.54) is 36.0 Å². The number of guanidine groups is 1. The van der Waals surface area contributed by atoms with E-state index in [0.717, 1.165) is 38.0 Å². The van der Waals surface area contributed by atoms with E-state index in [1.807, 2.05) is 13.2 Å². The van der Waals surface area contributed by atoms with Crippen LogP contribution in [-0.2, 0) is 6.54 Å². The standard InChI is InChI=1S/C23H33N5/c1-18-8-7-9-21(14-18)19(2)16-26-23(24-3)27-17-20-10-11-25-22(15-20)28-12-5-4-6-13-28/h7-11,14-15,19H,4-6,12-13,16-17H2,1-3H3,(H2,24,26,27). The number of pyridine rings is 1. The van der Waals surface area contributed by atoms with Crippen LogP contribution in [0.2, 0.25) is 0 Å². The van der Waals surface area contributed by atoms with Crippen LogP contribution >= 0.6 is 0 Å². The highest BCUT2D eigenvalue weighted by atomic mass is 15.2. The third-order valence-corrected chi connectivity index (χ3v) is 5.36. The Labute approximate surface area is 169 Å². The van der Waals surface area contributed by atoms with Gasteiger partial charge in [-0.15, -0.1) is 0 Å². The predicted molar refractivity (Wildman–Crippen MR) is 118 cm³/mol. The number of nitrogens with one attached hydrogen (secondary N) is 2. The molecule has 1 unspecified atom stereocenters. The van der Waals surface area contributed by atoms with Crippen LogP contribution in [0.1, 0.15) is 48.8 Å². The molecule has 1 saturated heterocycles. The highest BCUT2D eigenvalue weighted by Crippen LogP contribution is 2.18. The number of rotatable bonds is 6. The van der Waals surface area contributed by atoms with Gasteiger partial charge < -0.3 is 15.5 Å². The van der Waals surface area contributed by atoms with Crippen LogP contribution in [0.25, 0.3) is 0 Å². The zero-order chi connectivity index (χ0) is 19.8. The van der Waals surface area contributed by atoms with Gasteiger partial charge in [-0.25, -0.2) is 4.98 Å². The molecule has 0 spiro atoms. The fourth-order valence-corrected chi connectivity index (χ4v) is 3.62. The van der Waals surface area contributed by atoms with Crippen LogP contribution in [0.3, 0.4) is 0 Å². The van der Waals surface area contributed by atoms with E-state index in [-0.39, 0.29) is 0 Å². The second-order valence-electron chi connectivity index (χ2n) is 7.69. The highest BCUT2D eigenvalue weighted by molar-refractivity contribution is 5.79. The maximum absolute atomic E-state index is 4.56. The molecule has 2 aromatic rings. The summed E-state index contributed by atoms with van der Waals surface area (Å²) in [6.07, 6.45) is 5.78. The minimum Gasteiger partial charge on any atom is -0.357 e. The van der Waals surface area contributed by atoms with Crippen LogP contribution in [0.15, 0.2) is 47.6 Å². The maximum Gasteiger partial charge on any atom is 0.191 e. The van der Waals surface area contributed by atoms with E-state index < -0.39 is 0 Å². The third-order valence-electron chi connectivity index (χ3n) is 5.36. The lowest BCUT2D eigenvalue weighted by Crippen LogP contribution is -2.38. The first-order valence-electron chi connectivity index (χ1n) is 10.4. The summed E-state index contributed by atoms with van der Waals surface area (Å²) < 4.78 is 0. The molecule has 2 N–H and O–H groups in total. The molecule has 28 heavy (non-hydrogen) atoms. The van der Waals surface area contributed by atoms with E-state index >= 15 is 0 Å². The molecule has 0 aliphatic carbocycles. The molecular weight excluding hydrogens is 346 g/mol. The monoisotopic (exact) mass is 379 g/mol. The SMILES string of the molecule is CN=C(NCc1ccnc(N2CCCCC2)c1)NCC(C)c1cccc(C)c1. The second kappa shape index (κ2) is 10.1. The van der Waals surface area contributed by atoms with Gasteiger partial charge in [-0.1, -0.05) is 36.8 Å². The Kier molecular flexibility index (Phi) is 7.29. The summed E-state index contributed by atoms with van der Waals surface area (Å²) in [5.41, 5.74) is 3.88. The lowest BCUT2D eigenvalue weighted by molar-refractivity contribution is 0.573. The van der Waals surface area contributed by atoms with Crippen LogP contribution < -0.4 is 15.5 Å². The number of aliphatic imine (C=N–C) groups is 1. The predicted octanol–water partition coefficient (Wildman–Crippen LogP) is 3.85. The van der Waals surface area contributed by atoms with Gasteiger partial charge in [0.25, 0.3) is 0 Å². The van der Waals surface area contributed by atoms with Gasteiger partial charge in [0, 0.05) is 39.4 Å². The number of aromatic nitrogens is 1. The average molecular weight is 380 g/mol. The number of benzene rings is 1. The Hall–Kier alpha value is -2.56. The summed E-state index contributed by atoms with van der Waals surface area (Å²) in [6, 6.07) is 13.0. The third kappa shape index (κ3) is 5.72. The summed E-state index contributed by atoms with van der Waals surface area (Å²) in [6.45, 7) is 8.19. The molecule has 1 aromatic heterocycles. The first kappa shape index (κ1) is 20.2. The van der Waals surface area contributed by atoms with Crippen LogP contribution in [0.4, 0.5) is 5.82 Å². The van der Waals surface area contributed by atoms with Crippen molar-refractivity contribution in [3.05, 3.63) is 59.3 Å². The molecule has 5 nitrogen and oxygen atoms in total. The van der Waals surface area contributed by atoms with Crippen molar-refractivity contribution < 1.29 is 0 Å². The van der Waals surface area contributed by atoms with Crippen molar-refractivity contribution in [2.45, 2.75) is 45.6 Å². The van der Waals surface area contributed by atoms with E-state index in [4.69, 9.17) is 0 Å². The maximum atomic E-state index is 4.56. The van der Waals surface area contributed by atoms with Crippen molar-refractivity contribution in [3.63, 3.8) is 0 Å². The van der Waals surface area contributed by atoms with Crippen LogP contribution in [0, 0.1) is 6.92 Å². The Morgan fingerprint density at radius 2 is 1.96 bits per heavy atom. The molecule has 5 heteroatoms. The quantitative estimate of drug-likeness (QED) is 0.591. The minimum absolute atomic E-state index is 0.421. The van der Waals surface area contributed by atoms with Gasteiger partial charge in [0.15, 0.2) is 5.96 Å². The zero-order valence-electron chi connectivity index (χ0n) is 17.4. The summed E-state index contributed by atoms with van der Waals surface area (Å²) in [5.74, 6) is 2.34. The normalized spacial score (nSPS) is 16.0. The summed E-state index contributed by atoms with van der Waals surface area (Å²) >= 11 is 0. The molecule has 0 bridgehead atoms. The van der Waals surface area contributed by atoms with E-state index in [0.29, 0.717) is 5.92 Å². The van der Waals surface area contributed by atoms with E-state index in [1.54, 1.807) is 0 Å². The lowest BCUT2D eigenvalue weighted by Gasteiger charge is -2.28. The minimum atomic E-state index is 0.421. The van der Waals surface area contributed by atoms with E-state index in [2.05, 4.69) is 75.8 Å². The largest absolute Gasteiger partial charge is 0.357 e. The number of piperidine rings is 1. The molecule has 1 aliphatic rings. The molecule has 1 aromatic carbocycles. The lowest BCUT2D eigenvalue weighted by atomic mass is 9.99. The highest BCUT2D eigenvalue weighted by Gasteiger charge is 2.12. The van der Waals surface area contributed by atoms with Crippen molar-refractivity contribution in [3.8, 4) is 0 Å². The van der Waals surface area contributed by atoms with Gasteiger partial charge in [-0.2, -0.15) is 0 Å². The number of nitrogens with zero attached hydrogens (tertiary/aromatic N) is 3. The molecule has 1 atom stereocenters. The van der Waals surface area contributed by atoms with Crippen molar-refractivity contribution in [1.82, 2.24) is 15.6 Å². The van der Waals surface area contributed by atoms with Gasteiger partial charge >= 0.3 is 0 Å². The molecule has 0 radical (unpaired) electrons. The Morgan fingerprint density at radius 1 is 1.14 bits per heavy atom.